The van der Waals surface area contributed by atoms with Crippen LogP contribution in [-0.4, -0.2) is 5.60 Å². The summed E-state index contributed by atoms with van der Waals surface area (Å²) in [5.74, 6) is 0. The zero-order chi connectivity index (χ0) is 8.04. The number of hydrogen-bond donors (Lipinski definition) is 0. The predicted octanol–water partition coefficient (Wildman–Crippen LogP) is 1.43. The zero-order valence-electron chi connectivity index (χ0n) is 7.70. The van der Waals surface area contributed by atoms with E-state index in [1.54, 1.807) is 20.8 Å². The Bertz CT molecular complexity index is 119. The van der Waals surface area contributed by atoms with Crippen molar-refractivity contribution >= 4 is 0 Å². The predicted molar refractivity (Wildman–Crippen MR) is 42.5 cm³/mol. The van der Waals surface area contributed by atoms with Gasteiger partial charge in [0.1, 0.15) is 0 Å². The van der Waals surface area contributed by atoms with Crippen LogP contribution in [0, 0.1) is 0 Å². The Hall–Kier alpha value is 0.140. The van der Waals surface area contributed by atoms with Gasteiger partial charge in [0.2, 0.25) is 0 Å². The molecule has 0 heterocycles. The van der Waals surface area contributed by atoms with Crippen molar-refractivity contribution in [1.82, 2.24) is 0 Å². The molecule has 0 aliphatic heterocycles. The van der Waals surface area contributed by atoms with Crippen LogP contribution in [-0.2, 0) is 31.3 Å². The Labute approximate surface area is 93.1 Å². The van der Waals surface area contributed by atoms with Crippen LogP contribution in [0.2, 0.25) is 0 Å². The van der Waals surface area contributed by atoms with Gasteiger partial charge in [-0.05, 0) is 0 Å². The van der Waals surface area contributed by atoms with Crippen LogP contribution in [0.15, 0.2) is 30.3 Å². The van der Waals surface area contributed by atoms with Crippen LogP contribution < -0.4 is 5.11 Å². The van der Waals surface area contributed by atoms with E-state index in [0.717, 1.165) is 0 Å². The normalized spacial score (nSPS) is 8.33. The fourth-order valence-corrected chi connectivity index (χ4v) is 0.321. The molecule has 1 rings (SSSR count). The molecule has 0 aromatic heterocycles. The summed E-state index contributed by atoms with van der Waals surface area (Å²) in [6, 6.07) is 10.0. The Kier molecular flexibility index (Phi) is 13.9. The third kappa shape index (κ3) is 32.1. The van der Waals surface area contributed by atoms with Gasteiger partial charge in [-0.3, -0.25) is 0 Å². The van der Waals surface area contributed by atoms with Gasteiger partial charge in [-0.25, -0.2) is 12.1 Å². The monoisotopic (exact) mass is 334 g/mol. The van der Waals surface area contributed by atoms with Crippen molar-refractivity contribution in [2.24, 2.45) is 0 Å². The maximum atomic E-state index is 10.1. The first kappa shape index (κ1) is 18.0. The molecule has 66 valence electrons. The Balaban J connectivity index is -0.000000116. The van der Waals surface area contributed by atoms with Gasteiger partial charge >= 0.3 is 25.8 Å². The summed E-state index contributed by atoms with van der Waals surface area (Å²) in [5.41, 5.74) is -0.750. The van der Waals surface area contributed by atoms with Crippen molar-refractivity contribution in [1.29, 1.82) is 0 Å². The topological polar surface area (TPSA) is 51.6 Å². The first-order chi connectivity index (χ1) is 4.50. The molecular formula is C9H14HfO2. The van der Waals surface area contributed by atoms with Crippen molar-refractivity contribution < 1.29 is 36.4 Å². The second-order valence-electron chi connectivity index (χ2n) is 3.07. The van der Waals surface area contributed by atoms with Crippen molar-refractivity contribution in [3.05, 3.63) is 30.3 Å². The number of hydrogen-bond acceptors (Lipinski definition) is 1. The summed E-state index contributed by atoms with van der Waals surface area (Å²) in [5, 5.41) is 10.1. The van der Waals surface area contributed by atoms with Crippen LogP contribution in [0.5, 0.6) is 0 Å². The summed E-state index contributed by atoms with van der Waals surface area (Å²) in [7, 11) is 0. The van der Waals surface area contributed by atoms with Crippen molar-refractivity contribution in [2.75, 3.05) is 0 Å². The molecule has 0 unspecified atom stereocenters. The maximum Gasteiger partial charge on any atom is 4.00 e. The Morgan fingerprint density at radius 1 is 1.08 bits per heavy atom. The molecule has 3 heteroatoms. The molecule has 2 nitrogen and oxygen atoms in total. The van der Waals surface area contributed by atoms with Gasteiger partial charge in [0, 0.05) is 0 Å². The molecule has 0 fully saturated rings. The van der Waals surface area contributed by atoms with Gasteiger partial charge < -0.3 is 10.6 Å². The minimum Gasteiger partial charge on any atom is -2.00 e. The SMILES string of the molecule is CC(C)(C)[O-].[Hf+4].[O-2].c1cc[cH-]c1. The first-order valence-electron chi connectivity index (χ1n) is 3.37. The summed E-state index contributed by atoms with van der Waals surface area (Å²) in [6.45, 7) is 4.90. The Morgan fingerprint density at radius 2 is 1.33 bits per heavy atom. The first-order valence-corrected chi connectivity index (χ1v) is 3.37. The van der Waals surface area contributed by atoms with Crippen LogP contribution >= 0.6 is 0 Å². The zero-order valence-corrected chi connectivity index (χ0v) is 11.3. The standard InChI is InChI=1S/C5H5.C4H9O.Hf.O/c1-2-4-5-3-1;1-4(2,3)5;;/h1-5H;1-3H3;;/q2*-1;+4;-2. The molecule has 0 saturated carbocycles. The molecule has 0 spiro atoms. The molecule has 1 aromatic carbocycles. The molecule has 0 radical (unpaired) electrons. The van der Waals surface area contributed by atoms with Gasteiger partial charge in [-0.15, -0.1) is 5.60 Å². The molecule has 0 N–H and O–H groups in total. The molecule has 0 saturated heterocycles. The molecule has 0 aliphatic carbocycles. The third-order valence-corrected chi connectivity index (χ3v) is 0.556. The second kappa shape index (κ2) is 9.23. The molecule has 1 aromatic rings. The van der Waals surface area contributed by atoms with Gasteiger partial charge in [0.05, 0.1) is 0 Å². The average Bonchev–Trinajstić information content (AvgIpc) is 2.07. The summed E-state index contributed by atoms with van der Waals surface area (Å²) in [6.07, 6.45) is 0. The summed E-state index contributed by atoms with van der Waals surface area (Å²) < 4.78 is 0. The molecule has 12 heavy (non-hydrogen) atoms. The van der Waals surface area contributed by atoms with E-state index in [4.69, 9.17) is 0 Å². The largest absolute Gasteiger partial charge is 4.00 e. The van der Waals surface area contributed by atoms with Crippen molar-refractivity contribution in [3.8, 4) is 0 Å². The minimum absolute atomic E-state index is 0. The molecular weight excluding hydrogens is 319 g/mol. The van der Waals surface area contributed by atoms with Gasteiger partial charge in [0.15, 0.2) is 0 Å². The van der Waals surface area contributed by atoms with Crippen LogP contribution in [0.3, 0.4) is 0 Å². The van der Waals surface area contributed by atoms with Crippen LogP contribution in [0.25, 0.3) is 0 Å². The van der Waals surface area contributed by atoms with E-state index in [2.05, 4.69) is 0 Å². The van der Waals surface area contributed by atoms with Gasteiger partial charge in [-0.2, -0.15) is 18.2 Å². The van der Waals surface area contributed by atoms with Crippen molar-refractivity contribution in [2.45, 2.75) is 26.4 Å². The summed E-state index contributed by atoms with van der Waals surface area (Å²) >= 11 is 0. The molecule has 0 atom stereocenters. The maximum absolute atomic E-state index is 10.1. The van der Waals surface area contributed by atoms with E-state index >= 15 is 0 Å². The summed E-state index contributed by atoms with van der Waals surface area (Å²) in [4.78, 5) is 0. The fourth-order valence-electron chi connectivity index (χ4n) is 0.321. The van der Waals surface area contributed by atoms with E-state index < -0.39 is 5.60 Å². The van der Waals surface area contributed by atoms with E-state index in [0.29, 0.717) is 0 Å². The van der Waals surface area contributed by atoms with E-state index in [-0.39, 0.29) is 31.3 Å². The smallest absolute Gasteiger partial charge is 2.00 e. The van der Waals surface area contributed by atoms with Crippen molar-refractivity contribution in [3.63, 3.8) is 0 Å². The van der Waals surface area contributed by atoms with Crippen LogP contribution in [0.1, 0.15) is 20.8 Å². The third-order valence-electron chi connectivity index (χ3n) is 0.556. The van der Waals surface area contributed by atoms with E-state index in [1.165, 1.54) is 0 Å². The Morgan fingerprint density at radius 3 is 1.42 bits per heavy atom. The second-order valence-corrected chi connectivity index (χ2v) is 3.07. The van der Waals surface area contributed by atoms with Gasteiger partial charge in [-0.1, -0.05) is 20.8 Å². The minimum atomic E-state index is -0.750. The quantitative estimate of drug-likeness (QED) is 0.524. The molecule has 0 aliphatic rings. The average molecular weight is 333 g/mol. The fraction of sp³-hybridized carbons (Fsp3) is 0.444. The van der Waals surface area contributed by atoms with Crippen LogP contribution in [0.4, 0.5) is 0 Å². The number of rotatable bonds is 0. The van der Waals surface area contributed by atoms with E-state index in [1.807, 2.05) is 30.3 Å². The molecule has 0 bridgehead atoms. The molecule has 0 amide bonds. The van der Waals surface area contributed by atoms with Gasteiger partial charge in [0.25, 0.3) is 0 Å². The van der Waals surface area contributed by atoms with E-state index in [9.17, 15) is 5.11 Å².